The lowest BCUT2D eigenvalue weighted by atomic mass is 10.2. The van der Waals surface area contributed by atoms with E-state index in [1.807, 2.05) is 0 Å². The number of nitrogens with zero attached hydrogens (tertiary/aromatic N) is 1. The third kappa shape index (κ3) is 4.29. The topological polar surface area (TPSA) is 86.5 Å². The van der Waals surface area contributed by atoms with E-state index in [-0.39, 0.29) is 25.1 Å². The number of rotatable bonds is 7. The summed E-state index contributed by atoms with van der Waals surface area (Å²) in [4.78, 5) is 30.7. The lowest BCUT2D eigenvalue weighted by Gasteiger charge is -2.06. The van der Waals surface area contributed by atoms with Gasteiger partial charge in [0.25, 0.3) is 0 Å². The van der Waals surface area contributed by atoms with E-state index >= 15 is 0 Å². The Hall–Kier alpha value is -2.02. The van der Waals surface area contributed by atoms with E-state index in [9.17, 15) is 24.1 Å². The highest BCUT2D eigenvalue weighted by Gasteiger charge is 2.21. The Morgan fingerprint density at radius 3 is 2.74 bits per heavy atom. The zero-order valence-electron chi connectivity index (χ0n) is 9.60. The maximum Gasteiger partial charge on any atom is 0.315 e. The van der Waals surface area contributed by atoms with Crippen LogP contribution in [0.4, 0.5) is 10.1 Å². The molecule has 0 aliphatic heterocycles. The maximum absolute atomic E-state index is 13.4. The number of carbonyl (C=O) groups is 2. The van der Waals surface area contributed by atoms with E-state index in [4.69, 9.17) is 16.3 Å². The summed E-state index contributed by atoms with van der Waals surface area (Å²) in [7, 11) is 0. The Kier molecular flexibility index (Phi) is 5.37. The largest absolute Gasteiger partial charge is 0.493 e. The molecule has 102 valence electrons. The van der Waals surface area contributed by atoms with Crippen molar-refractivity contribution in [2.45, 2.75) is 12.8 Å². The average molecular weight is 290 g/mol. The van der Waals surface area contributed by atoms with Crippen LogP contribution in [0.1, 0.15) is 23.2 Å². The van der Waals surface area contributed by atoms with E-state index in [0.717, 1.165) is 12.1 Å². The number of hydrogen-bond acceptors (Lipinski definition) is 5. The minimum atomic E-state index is -1.15. The minimum absolute atomic E-state index is 0.0211. The van der Waals surface area contributed by atoms with Gasteiger partial charge >= 0.3 is 5.69 Å². The number of benzene rings is 1. The molecule has 0 N–H and O–H groups in total. The highest BCUT2D eigenvalue weighted by atomic mass is 35.5. The number of halogens is 2. The normalized spacial score (nSPS) is 10.0. The van der Waals surface area contributed by atoms with Gasteiger partial charge in [0.1, 0.15) is 5.75 Å². The standard InChI is InChI=1S/C11H9ClFNO5/c12-10(16)2-1-3-19-8-4-7(6-15)11(14(17)18)9(13)5-8/h4-6H,1-3H2. The summed E-state index contributed by atoms with van der Waals surface area (Å²) in [6.07, 6.45) is 0.589. The number of ether oxygens (including phenoxy) is 1. The summed E-state index contributed by atoms with van der Waals surface area (Å²) in [5.41, 5.74) is -1.30. The first-order valence-electron chi connectivity index (χ1n) is 5.20. The molecule has 0 spiro atoms. The molecule has 8 heteroatoms. The van der Waals surface area contributed by atoms with Crippen LogP contribution in [-0.2, 0) is 4.79 Å². The average Bonchev–Trinajstić information content (AvgIpc) is 2.33. The smallest absolute Gasteiger partial charge is 0.315 e. The molecular weight excluding hydrogens is 281 g/mol. The van der Waals surface area contributed by atoms with Gasteiger partial charge in [-0.3, -0.25) is 19.7 Å². The Bertz CT molecular complexity index is 520. The van der Waals surface area contributed by atoms with Crippen LogP contribution in [0.25, 0.3) is 0 Å². The van der Waals surface area contributed by atoms with E-state index in [2.05, 4.69) is 0 Å². The predicted molar refractivity (Wildman–Crippen MR) is 64.0 cm³/mol. The van der Waals surface area contributed by atoms with Gasteiger partial charge in [-0.15, -0.1) is 0 Å². The third-order valence-electron chi connectivity index (χ3n) is 2.16. The SMILES string of the molecule is O=Cc1cc(OCCCC(=O)Cl)cc(F)c1[N+](=O)[O-]. The zero-order valence-corrected chi connectivity index (χ0v) is 10.4. The number of hydrogen-bond donors (Lipinski definition) is 0. The van der Waals surface area contributed by atoms with E-state index in [1.54, 1.807) is 0 Å². The Labute approximate surface area is 112 Å². The van der Waals surface area contributed by atoms with Crippen molar-refractivity contribution in [2.24, 2.45) is 0 Å². The van der Waals surface area contributed by atoms with Crippen LogP contribution < -0.4 is 4.74 Å². The molecule has 0 radical (unpaired) electrons. The van der Waals surface area contributed by atoms with Crippen molar-refractivity contribution < 1.29 is 23.6 Å². The van der Waals surface area contributed by atoms with Crippen LogP contribution in [0.5, 0.6) is 5.75 Å². The monoisotopic (exact) mass is 289 g/mol. The highest BCUT2D eigenvalue weighted by molar-refractivity contribution is 6.63. The Morgan fingerprint density at radius 2 is 2.21 bits per heavy atom. The van der Waals surface area contributed by atoms with E-state index in [0.29, 0.717) is 6.42 Å². The number of nitro groups is 1. The van der Waals surface area contributed by atoms with Gasteiger partial charge in [0.15, 0.2) is 6.29 Å². The lowest BCUT2D eigenvalue weighted by Crippen LogP contribution is -2.03. The zero-order chi connectivity index (χ0) is 14.4. The summed E-state index contributed by atoms with van der Waals surface area (Å²) in [5, 5.41) is 10.0. The van der Waals surface area contributed by atoms with Crippen molar-refractivity contribution >= 4 is 28.8 Å². The molecule has 6 nitrogen and oxygen atoms in total. The summed E-state index contributed by atoms with van der Waals surface area (Å²) < 4.78 is 18.5. The molecule has 19 heavy (non-hydrogen) atoms. The van der Waals surface area contributed by atoms with Gasteiger partial charge in [-0.1, -0.05) is 0 Å². The van der Waals surface area contributed by atoms with E-state index in [1.165, 1.54) is 0 Å². The van der Waals surface area contributed by atoms with Crippen LogP contribution >= 0.6 is 11.6 Å². The molecule has 1 aromatic rings. The van der Waals surface area contributed by atoms with Crippen LogP contribution in [0.2, 0.25) is 0 Å². The van der Waals surface area contributed by atoms with Crippen LogP contribution in [-0.4, -0.2) is 23.1 Å². The molecule has 0 amide bonds. The molecule has 0 unspecified atom stereocenters. The lowest BCUT2D eigenvalue weighted by molar-refractivity contribution is -0.387. The molecule has 0 aliphatic rings. The first kappa shape index (κ1) is 15.0. The van der Waals surface area contributed by atoms with Crippen molar-refractivity contribution in [3.05, 3.63) is 33.6 Å². The summed E-state index contributed by atoms with van der Waals surface area (Å²) in [5.74, 6) is -1.18. The first-order chi connectivity index (χ1) is 8.95. The molecule has 0 aromatic heterocycles. The first-order valence-corrected chi connectivity index (χ1v) is 5.57. The van der Waals surface area contributed by atoms with Crippen molar-refractivity contribution in [3.63, 3.8) is 0 Å². The molecule has 0 saturated carbocycles. The Balaban J connectivity index is 2.81. The molecular formula is C11H9ClFNO5. The van der Waals surface area contributed by atoms with Gasteiger partial charge in [-0.25, -0.2) is 0 Å². The Morgan fingerprint density at radius 1 is 1.53 bits per heavy atom. The molecule has 0 heterocycles. The second-order valence-electron chi connectivity index (χ2n) is 3.53. The second kappa shape index (κ2) is 6.79. The van der Waals surface area contributed by atoms with Crippen molar-refractivity contribution in [1.29, 1.82) is 0 Å². The molecule has 0 atom stereocenters. The summed E-state index contributed by atoms with van der Waals surface area (Å²) >= 11 is 5.11. The van der Waals surface area contributed by atoms with E-state index < -0.39 is 27.2 Å². The minimum Gasteiger partial charge on any atom is -0.493 e. The number of nitro benzene ring substituents is 1. The quantitative estimate of drug-likeness (QED) is 0.253. The van der Waals surface area contributed by atoms with Gasteiger partial charge in [0, 0.05) is 12.5 Å². The van der Waals surface area contributed by atoms with Crippen LogP contribution in [0.15, 0.2) is 12.1 Å². The van der Waals surface area contributed by atoms with Crippen molar-refractivity contribution in [1.82, 2.24) is 0 Å². The van der Waals surface area contributed by atoms with Gasteiger partial charge in [-0.05, 0) is 24.1 Å². The van der Waals surface area contributed by atoms with Gasteiger partial charge in [0.2, 0.25) is 11.1 Å². The third-order valence-corrected chi connectivity index (χ3v) is 2.35. The molecule has 1 rings (SSSR count). The van der Waals surface area contributed by atoms with Gasteiger partial charge in [-0.2, -0.15) is 4.39 Å². The fourth-order valence-corrected chi connectivity index (χ4v) is 1.50. The highest BCUT2D eigenvalue weighted by Crippen LogP contribution is 2.27. The molecule has 0 saturated heterocycles. The predicted octanol–water partition coefficient (Wildman–Crippen LogP) is 2.47. The van der Waals surface area contributed by atoms with Gasteiger partial charge < -0.3 is 4.74 Å². The number of carbonyl (C=O) groups excluding carboxylic acids is 2. The summed E-state index contributed by atoms with van der Waals surface area (Å²) in [6, 6.07) is 1.88. The fraction of sp³-hybridized carbons (Fsp3) is 0.273. The van der Waals surface area contributed by atoms with Crippen LogP contribution in [0, 0.1) is 15.9 Å². The second-order valence-corrected chi connectivity index (χ2v) is 3.95. The molecule has 1 aromatic carbocycles. The summed E-state index contributed by atoms with van der Waals surface area (Å²) in [6.45, 7) is 0.0774. The van der Waals surface area contributed by atoms with Crippen LogP contribution in [0.3, 0.4) is 0 Å². The fourth-order valence-electron chi connectivity index (χ4n) is 1.36. The molecule has 0 aliphatic carbocycles. The maximum atomic E-state index is 13.4. The molecule has 0 bridgehead atoms. The number of aldehydes is 1. The van der Waals surface area contributed by atoms with Crippen molar-refractivity contribution in [3.8, 4) is 5.75 Å². The van der Waals surface area contributed by atoms with Crippen molar-refractivity contribution in [2.75, 3.05) is 6.61 Å². The van der Waals surface area contributed by atoms with Gasteiger partial charge in [0.05, 0.1) is 17.1 Å². The molecule has 0 fully saturated rings.